The smallest absolute Gasteiger partial charge is 0.129 e. The van der Waals surface area contributed by atoms with Gasteiger partial charge >= 0.3 is 0 Å². The van der Waals surface area contributed by atoms with Crippen LogP contribution in [-0.2, 0) is 6.54 Å². The second-order valence-corrected chi connectivity index (χ2v) is 4.96. The third kappa shape index (κ3) is 3.11. The lowest BCUT2D eigenvalue weighted by molar-refractivity contribution is 0.736. The quantitative estimate of drug-likeness (QED) is 0.845. The highest BCUT2D eigenvalue weighted by Gasteiger charge is 2.29. The minimum Gasteiger partial charge on any atom is -0.354 e. The summed E-state index contributed by atoms with van der Waals surface area (Å²) < 4.78 is 0. The van der Waals surface area contributed by atoms with Crippen molar-refractivity contribution in [2.45, 2.75) is 38.8 Å². The van der Waals surface area contributed by atoms with Gasteiger partial charge in [0.05, 0.1) is 10.7 Å². The molecule has 94 valence electrons. The first-order chi connectivity index (χ1) is 8.26. The highest BCUT2D eigenvalue weighted by atomic mass is 35.5. The molecular weight excluding hydrogens is 234 g/mol. The van der Waals surface area contributed by atoms with Crippen LogP contribution >= 0.6 is 11.6 Å². The molecule has 1 aromatic rings. The Morgan fingerprint density at radius 3 is 2.82 bits per heavy atom. The summed E-state index contributed by atoms with van der Waals surface area (Å²) in [4.78, 5) is 7.09. The van der Waals surface area contributed by atoms with Gasteiger partial charge in [-0.2, -0.15) is 0 Å². The van der Waals surface area contributed by atoms with Crippen LogP contribution in [0.3, 0.4) is 0 Å². The maximum Gasteiger partial charge on any atom is 0.129 e. The first-order valence-electron chi connectivity index (χ1n) is 6.33. The number of aromatic nitrogens is 1. The second kappa shape index (κ2) is 5.69. The van der Waals surface area contributed by atoms with E-state index in [1.807, 2.05) is 19.2 Å². The minimum absolute atomic E-state index is 0.700. The van der Waals surface area contributed by atoms with Gasteiger partial charge in [-0.15, -0.1) is 0 Å². The number of halogens is 1. The first kappa shape index (κ1) is 12.7. The topological polar surface area (TPSA) is 28.2 Å². The summed E-state index contributed by atoms with van der Waals surface area (Å²) in [5.74, 6) is 1.07. The summed E-state index contributed by atoms with van der Waals surface area (Å²) in [5, 5.41) is 3.85. The van der Waals surface area contributed by atoms with Crippen molar-refractivity contribution in [2.75, 3.05) is 18.5 Å². The molecule has 17 heavy (non-hydrogen) atoms. The van der Waals surface area contributed by atoms with Gasteiger partial charge in [0.2, 0.25) is 0 Å². The highest BCUT2D eigenvalue weighted by molar-refractivity contribution is 6.31. The van der Waals surface area contributed by atoms with Gasteiger partial charge in [0, 0.05) is 19.1 Å². The second-order valence-electron chi connectivity index (χ2n) is 4.55. The van der Waals surface area contributed by atoms with Crippen molar-refractivity contribution in [1.29, 1.82) is 0 Å². The van der Waals surface area contributed by atoms with Crippen molar-refractivity contribution in [3.63, 3.8) is 0 Å². The molecule has 1 saturated carbocycles. The molecule has 2 rings (SSSR count). The lowest BCUT2D eigenvalue weighted by atomic mass is 10.3. The molecule has 1 aliphatic rings. The lowest BCUT2D eigenvalue weighted by Crippen LogP contribution is -2.27. The molecule has 0 aromatic carbocycles. The number of hydrogen-bond acceptors (Lipinski definition) is 3. The molecule has 1 fully saturated rings. The van der Waals surface area contributed by atoms with Crippen LogP contribution in [0.15, 0.2) is 12.1 Å². The number of anilines is 1. The Labute approximate surface area is 108 Å². The van der Waals surface area contributed by atoms with Crippen LogP contribution in [0.5, 0.6) is 0 Å². The Morgan fingerprint density at radius 1 is 1.47 bits per heavy atom. The molecule has 0 bridgehead atoms. The van der Waals surface area contributed by atoms with E-state index in [0.29, 0.717) is 6.04 Å². The molecule has 0 saturated heterocycles. The SMILES string of the molecule is CCCN(c1ccc(Cl)c(CNC)n1)C1CC1. The molecule has 1 N–H and O–H groups in total. The lowest BCUT2D eigenvalue weighted by Gasteiger charge is -2.23. The Balaban J connectivity index is 2.20. The van der Waals surface area contributed by atoms with Crippen LogP contribution < -0.4 is 10.2 Å². The van der Waals surface area contributed by atoms with Gasteiger partial charge < -0.3 is 10.2 Å². The van der Waals surface area contributed by atoms with Crippen LogP contribution in [0.1, 0.15) is 31.9 Å². The van der Waals surface area contributed by atoms with E-state index in [1.54, 1.807) is 0 Å². The fourth-order valence-corrected chi connectivity index (χ4v) is 2.21. The zero-order valence-electron chi connectivity index (χ0n) is 10.5. The molecule has 4 heteroatoms. The molecule has 1 heterocycles. The summed E-state index contributed by atoms with van der Waals surface area (Å²) in [7, 11) is 1.91. The summed E-state index contributed by atoms with van der Waals surface area (Å²) in [6.45, 7) is 4.01. The van der Waals surface area contributed by atoms with Crippen molar-refractivity contribution in [1.82, 2.24) is 10.3 Å². The maximum atomic E-state index is 6.13. The largest absolute Gasteiger partial charge is 0.354 e. The Kier molecular flexibility index (Phi) is 4.24. The van der Waals surface area contributed by atoms with E-state index in [2.05, 4.69) is 22.1 Å². The fourth-order valence-electron chi connectivity index (χ4n) is 2.04. The van der Waals surface area contributed by atoms with Gasteiger partial charge in [-0.3, -0.25) is 0 Å². The normalized spacial score (nSPS) is 15.0. The van der Waals surface area contributed by atoms with Crippen molar-refractivity contribution < 1.29 is 0 Å². The summed E-state index contributed by atoms with van der Waals surface area (Å²) in [6, 6.07) is 4.70. The Hall–Kier alpha value is -0.800. The van der Waals surface area contributed by atoms with Crippen LogP contribution in [0.25, 0.3) is 0 Å². The summed E-state index contributed by atoms with van der Waals surface area (Å²) in [6.07, 6.45) is 3.75. The van der Waals surface area contributed by atoms with Crippen LogP contribution in [0.4, 0.5) is 5.82 Å². The van der Waals surface area contributed by atoms with Crippen molar-refractivity contribution in [2.24, 2.45) is 0 Å². The zero-order chi connectivity index (χ0) is 12.3. The molecule has 0 spiro atoms. The molecule has 1 aromatic heterocycles. The van der Waals surface area contributed by atoms with Gasteiger partial charge in [0.15, 0.2) is 0 Å². The molecule has 3 nitrogen and oxygen atoms in total. The van der Waals surface area contributed by atoms with Crippen LogP contribution in [0, 0.1) is 0 Å². The van der Waals surface area contributed by atoms with E-state index in [1.165, 1.54) is 12.8 Å². The van der Waals surface area contributed by atoms with E-state index in [9.17, 15) is 0 Å². The molecular formula is C13H20ClN3. The van der Waals surface area contributed by atoms with Gasteiger partial charge in [0.25, 0.3) is 0 Å². The van der Waals surface area contributed by atoms with E-state index in [4.69, 9.17) is 11.6 Å². The van der Waals surface area contributed by atoms with E-state index >= 15 is 0 Å². The predicted molar refractivity (Wildman–Crippen MR) is 72.7 cm³/mol. The van der Waals surface area contributed by atoms with E-state index in [0.717, 1.165) is 36.0 Å². The van der Waals surface area contributed by atoms with Gasteiger partial charge in [-0.05, 0) is 38.4 Å². The van der Waals surface area contributed by atoms with Crippen molar-refractivity contribution in [3.8, 4) is 0 Å². The zero-order valence-corrected chi connectivity index (χ0v) is 11.3. The third-order valence-corrected chi connectivity index (χ3v) is 3.34. The number of hydrogen-bond donors (Lipinski definition) is 1. The predicted octanol–water partition coefficient (Wildman–Crippen LogP) is 2.83. The summed E-state index contributed by atoms with van der Waals surface area (Å²) >= 11 is 6.13. The van der Waals surface area contributed by atoms with Gasteiger partial charge in [-0.1, -0.05) is 18.5 Å². The Morgan fingerprint density at radius 2 is 2.24 bits per heavy atom. The minimum atomic E-state index is 0.700. The van der Waals surface area contributed by atoms with Crippen molar-refractivity contribution >= 4 is 17.4 Å². The number of pyridine rings is 1. The summed E-state index contributed by atoms with van der Waals surface area (Å²) in [5.41, 5.74) is 0.938. The average molecular weight is 254 g/mol. The monoisotopic (exact) mass is 253 g/mol. The van der Waals surface area contributed by atoms with Gasteiger partial charge in [-0.25, -0.2) is 4.98 Å². The number of nitrogens with one attached hydrogen (secondary N) is 1. The standard InChI is InChI=1S/C13H20ClN3/c1-3-8-17(10-4-5-10)13-7-6-11(14)12(16-13)9-15-2/h6-7,10,15H,3-5,8-9H2,1-2H3. The Bertz CT molecular complexity index is 377. The average Bonchev–Trinajstić information content (AvgIpc) is 3.14. The van der Waals surface area contributed by atoms with Crippen molar-refractivity contribution in [3.05, 3.63) is 22.8 Å². The molecule has 0 radical (unpaired) electrons. The van der Waals surface area contributed by atoms with Gasteiger partial charge in [0.1, 0.15) is 5.82 Å². The number of rotatable bonds is 6. The molecule has 0 atom stereocenters. The highest BCUT2D eigenvalue weighted by Crippen LogP contribution is 2.31. The molecule has 0 aliphatic heterocycles. The molecule has 1 aliphatic carbocycles. The maximum absolute atomic E-state index is 6.13. The number of nitrogens with zero attached hydrogens (tertiary/aromatic N) is 2. The molecule has 0 amide bonds. The fraction of sp³-hybridized carbons (Fsp3) is 0.615. The third-order valence-electron chi connectivity index (χ3n) is 2.99. The molecule has 0 unspecified atom stereocenters. The van der Waals surface area contributed by atoms with E-state index < -0.39 is 0 Å². The van der Waals surface area contributed by atoms with E-state index in [-0.39, 0.29) is 0 Å². The van der Waals surface area contributed by atoms with Crippen LogP contribution in [0.2, 0.25) is 5.02 Å². The van der Waals surface area contributed by atoms with Crippen LogP contribution in [-0.4, -0.2) is 24.6 Å². The first-order valence-corrected chi connectivity index (χ1v) is 6.70.